The Morgan fingerprint density at radius 3 is 2.50 bits per heavy atom. The molecule has 4 nitrogen and oxygen atoms in total. The summed E-state index contributed by atoms with van der Waals surface area (Å²) in [7, 11) is 0. The zero-order chi connectivity index (χ0) is 17.9. The average Bonchev–Trinajstić information content (AvgIpc) is 2.69. The van der Waals surface area contributed by atoms with E-state index in [1.165, 1.54) is 12.1 Å². The zero-order valence-corrected chi connectivity index (χ0v) is 14.0. The number of nitrogens with one attached hydrogen (secondary N) is 1. The van der Waals surface area contributed by atoms with Crippen LogP contribution in [0.25, 0.3) is 0 Å². The van der Waals surface area contributed by atoms with Gasteiger partial charge >= 0.3 is 0 Å². The van der Waals surface area contributed by atoms with Crippen molar-refractivity contribution in [3.63, 3.8) is 0 Å². The van der Waals surface area contributed by atoms with Crippen molar-refractivity contribution in [2.45, 2.75) is 18.6 Å². The Kier molecular flexibility index (Phi) is 4.46. The predicted octanol–water partition coefficient (Wildman–Crippen LogP) is 4.15. The van der Waals surface area contributed by atoms with Crippen molar-refractivity contribution in [3.8, 4) is 5.75 Å². The summed E-state index contributed by atoms with van der Waals surface area (Å²) in [5.74, 6) is -0.0748. The van der Waals surface area contributed by atoms with Crippen LogP contribution in [-0.4, -0.2) is 15.8 Å². The highest BCUT2D eigenvalue weighted by Gasteiger charge is 2.27. The summed E-state index contributed by atoms with van der Waals surface area (Å²) >= 11 is 0. The predicted molar refractivity (Wildman–Crippen MR) is 98.5 cm³/mol. The van der Waals surface area contributed by atoms with Crippen LogP contribution in [-0.2, 0) is 0 Å². The first-order chi connectivity index (χ1) is 12.7. The summed E-state index contributed by atoms with van der Waals surface area (Å²) in [6.45, 7) is 0. The molecule has 5 heteroatoms. The number of aromatic hydroxyl groups is 1. The highest BCUT2D eigenvalue weighted by molar-refractivity contribution is 6.03. The van der Waals surface area contributed by atoms with Crippen molar-refractivity contribution in [2.75, 3.05) is 0 Å². The normalized spacial score (nSPS) is 19.8. The number of nitrogens with zero attached hydrogens (tertiary/aromatic N) is 2. The second-order valence-corrected chi connectivity index (χ2v) is 6.26. The number of hydrogen-bond acceptors (Lipinski definition) is 4. The molecule has 4 rings (SSSR count). The summed E-state index contributed by atoms with van der Waals surface area (Å²) in [6.07, 6.45) is 3.86. The summed E-state index contributed by atoms with van der Waals surface area (Å²) in [5, 5.41) is 13.7. The number of phenols is 1. The molecule has 2 atom stereocenters. The van der Waals surface area contributed by atoms with Crippen LogP contribution in [0.5, 0.6) is 5.75 Å². The molecule has 0 aliphatic carbocycles. The number of para-hydroxylation sites is 1. The molecule has 1 aromatic heterocycles. The fourth-order valence-electron chi connectivity index (χ4n) is 3.20. The van der Waals surface area contributed by atoms with E-state index in [-0.39, 0.29) is 23.8 Å². The number of benzene rings is 2. The summed E-state index contributed by atoms with van der Waals surface area (Å²) < 4.78 is 13.3. The minimum atomic E-state index is -0.329. The molecule has 2 heterocycles. The van der Waals surface area contributed by atoms with Gasteiger partial charge in [-0.05, 0) is 41.5 Å². The Balaban J connectivity index is 1.75. The van der Waals surface area contributed by atoms with Crippen LogP contribution in [0.3, 0.4) is 0 Å². The van der Waals surface area contributed by atoms with Crippen molar-refractivity contribution < 1.29 is 9.50 Å². The summed E-state index contributed by atoms with van der Waals surface area (Å²) in [6, 6.07) is 17.4. The van der Waals surface area contributed by atoms with Gasteiger partial charge in [0.05, 0.1) is 5.71 Å². The van der Waals surface area contributed by atoms with Crippen molar-refractivity contribution >= 4 is 5.71 Å². The highest BCUT2D eigenvalue weighted by atomic mass is 19.1. The molecule has 0 saturated heterocycles. The molecule has 0 amide bonds. The summed E-state index contributed by atoms with van der Waals surface area (Å²) in [5.41, 5.74) is 3.44. The molecule has 2 N–H and O–H groups in total. The van der Waals surface area contributed by atoms with Crippen LogP contribution in [0.15, 0.2) is 78.0 Å². The Morgan fingerprint density at radius 1 is 0.962 bits per heavy atom. The van der Waals surface area contributed by atoms with Crippen LogP contribution >= 0.6 is 0 Å². The Morgan fingerprint density at radius 2 is 1.77 bits per heavy atom. The minimum Gasteiger partial charge on any atom is -0.507 e. The number of aliphatic imine (C=N–C) groups is 1. The molecular formula is C21H18FN3O. The third-order valence-electron chi connectivity index (χ3n) is 4.53. The van der Waals surface area contributed by atoms with Gasteiger partial charge in [-0.25, -0.2) is 4.39 Å². The number of rotatable bonds is 3. The van der Waals surface area contributed by atoms with Gasteiger partial charge in [0.15, 0.2) is 0 Å². The number of aromatic nitrogens is 1. The van der Waals surface area contributed by atoms with Gasteiger partial charge in [-0.1, -0.05) is 30.3 Å². The minimum absolute atomic E-state index is 0.00846. The van der Waals surface area contributed by atoms with E-state index in [4.69, 9.17) is 4.99 Å². The van der Waals surface area contributed by atoms with E-state index in [1.54, 1.807) is 30.5 Å². The monoisotopic (exact) mass is 347 g/mol. The fourth-order valence-corrected chi connectivity index (χ4v) is 3.20. The largest absolute Gasteiger partial charge is 0.507 e. The maximum absolute atomic E-state index is 13.3. The van der Waals surface area contributed by atoms with Crippen LogP contribution in [0.2, 0.25) is 0 Å². The standard InChI is InChI=1S/C21H18FN3O/c22-16-9-7-14(8-10-16)21-24-18(15-4-3-11-23-13-15)12-19(25-21)17-5-1-2-6-20(17)26/h1-11,13,18,21,24,26H,12H2/t18-,21-/m0/s1. The van der Waals surface area contributed by atoms with E-state index in [0.29, 0.717) is 6.42 Å². The number of hydrogen-bond donors (Lipinski definition) is 2. The molecule has 3 aromatic rings. The Bertz CT molecular complexity index is 926. The lowest BCUT2D eigenvalue weighted by Crippen LogP contribution is -2.33. The van der Waals surface area contributed by atoms with Gasteiger partial charge < -0.3 is 5.11 Å². The van der Waals surface area contributed by atoms with E-state index in [9.17, 15) is 9.50 Å². The second kappa shape index (κ2) is 7.06. The maximum Gasteiger partial charge on any atom is 0.126 e. The van der Waals surface area contributed by atoms with Crippen molar-refractivity contribution in [1.82, 2.24) is 10.3 Å². The van der Waals surface area contributed by atoms with Gasteiger partial charge in [-0.2, -0.15) is 0 Å². The molecule has 0 spiro atoms. The molecule has 0 saturated carbocycles. The molecular weight excluding hydrogens is 329 g/mol. The van der Waals surface area contributed by atoms with Crippen molar-refractivity contribution in [3.05, 3.63) is 95.6 Å². The van der Waals surface area contributed by atoms with E-state index in [0.717, 1.165) is 22.4 Å². The highest BCUT2D eigenvalue weighted by Crippen LogP contribution is 2.32. The molecule has 2 aromatic carbocycles. The first kappa shape index (κ1) is 16.4. The van der Waals surface area contributed by atoms with Crippen LogP contribution in [0.4, 0.5) is 4.39 Å². The lowest BCUT2D eigenvalue weighted by Gasteiger charge is -2.30. The smallest absolute Gasteiger partial charge is 0.126 e. The number of phenolic OH excluding ortho intramolecular Hbond substituents is 1. The van der Waals surface area contributed by atoms with Gasteiger partial charge in [0, 0.05) is 30.4 Å². The SMILES string of the molecule is Oc1ccccc1C1=N[C@@H](c2ccc(F)cc2)N[C@H](c2cccnc2)C1. The number of pyridine rings is 1. The average molecular weight is 347 g/mol. The first-order valence-corrected chi connectivity index (χ1v) is 8.47. The van der Waals surface area contributed by atoms with Gasteiger partial charge in [0.2, 0.25) is 0 Å². The van der Waals surface area contributed by atoms with E-state index >= 15 is 0 Å². The number of halogens is 1. The molecule has 0 radical (unpaired) electrons. The topological polar surface area (TPSA) is 57.5 Å². The van der Waals surface area contributed by atoms with Gasteiger partial charge in [0.25, 0.3) is 0 Å². The molecule has 26 heavy (non-hydrogen) atoms. The van der Waals surface area contributed by atoms with Gasteiger partial charge in [-0.15, -0.1) is 0 Å². The van der Waals surface area contributed by atoms with Crippen LogP contribution < -0.4 is 5.32 Å². The summed E-state index contributed by atoms with van der Waals surface area (Å²) in [4.78, 5) is 9.00. The molecule has 0 bridgehead atoms. The quantitative estimate of drug-likeness (QED) is 0.748. The van der Waals surface area contributed by atoms with Gasteiger partial charge in [0.1, 0.15) is 17.7 Å². The molecule has 130 valence electrons. The fraction of sp³-hybridized carbons (Fsp3) is 0.143. The lowest BCUT2D eigenvalue weighted by molar-refractivity contribution is 0.438. The van der Waals surface area contributed by atoms with Gasteiger partial charge in [-0.3, -0.25) is 15.3 Å². The molecule has 0 fully saturated rings. The Hall–Kier alpha value is -3.05. The first-order valence-electron chi connectivity index (χ1n) is 8.47. The second-order valence-electron chi connectivity index (χ2n) is 6.26. The molecule has 0 unspecified atom stereocenters. The Labute approximate surface area is 151 Å². The van der Waals surface area contributed by atoms with E-state index < -0.39 is 0 Å². The maximum atomic E-state index is 13.3. The molecule has 1 aliphatic rings. The van der Waals surface area contributed by atoms with Crippen molar-refractivity contribution in [2.24, 2.45) is 4.99 Å². The van der Waals surface area contributed by atoms with E-state index in [1.807, 2.05) is 30.5 Å². The lowest BCUT2D eigenvalue weighted by atomic mass is 9.94. The molecule has 1 aliphatic heterocycles. The van der Waals surface area contributed by atoms with Crippen LogP contribution in [0.1, 0.15) is 35.3 Å². The van der Waals surface area contributed by atoms with E-state index in [2.05, 4.69) is 10.3 Å². The van der Waals surface area contributed by atoms with Crippen molar-refractivity contribution in [1.29, 1.82) is 0 Å². The zero-order valence-electron chi connectivity index (χ0n) is 14.0. The van der Waals surface area contributed by atoms with Crippen LogP contribution in [0, 0.1) is 5.82 Å². The third-order valence-corrected chi connectivity index (χ3v) is 4.53. The third kappa shape index (κ3) is 3.34.